The molecule has 1 heterocycles. The van der Waals surface area contributed by atoms with Gasteiger partial charge in [-0.1, -0.05) is 39.0 Å². The van der Waals surface area contributed by atoms with Gasteiger partial charge < -0.3 is 9.64 Å². The number of rotatable bonds is 2. The molecule has 3 rings (SSSR count). The SMILES string of the molecule is CC(=O)N(C)C1CCC2(CC1)CN(CC(C)(C)C)Cc1ccccc1O2. The number of hydrogen-bond donors (Lipinski definition) is 0. The van der Waals surface area contributed by atoms with E-state index in [1.165, 1.54) is 5.56 Å². The normalized spacial score (nSPS) is 26.7. The molecule has 26 heavy (non-hydrogen) atoms. The summed E-state index contributed by atoms with van der Waals surface area (Å²) >= 11 is 0. The van der Waals surface area contributed by atoms with Crippen molar-refractivity contribution in [3.05, 3.63) is 29.8 Å². The largest absolute Gasteiger partial charge is 0.486 e. The van der Waals surface area contributed by atoms with Crippen LogP contribution in [-0.2, 0) is 11.3 Å². The molecule has 144 valence electrons. The van der Waals surface area contributed by atoms with Gasteiger partial charge in [0.2, 0.25) is 5.91 Å². The first-order valence-electron chi connectivity index (χ1n) is 9.90. The number of amides is 1. The second kappa shape index (κ2) is 7.22. The molecule has 0 aromatic heterocycles. The van der Waals surface area contributed by atoms with E-state index in [4.69, 9.17) is 4.74 Å². The second-order valence-corrected chi connectivity index (χ2v) is 9.46. The Bertz CT molecular complexity index is 642. The van der Waals surface area contributed by atoms with Crippen molar-refractivity contribution in [2.75, 3.05) is 20.1 Å². The molecule has 0 unspecified atom stereocenters. The molecule has 1 aliphatic carbocycles. The third kappa shape index (κ3) is 4.40. The van der Waals surface area contributed by atoms with E-state index in [0.29, 0.717) is 6.04 Å². The lowest BCUT2D eigenvalue weighted by molar-refractivity contribution is -0.131. The number of nitrogens with zero attached hydrogens (tertiary/aromatic N) is 2. The van der Waals surface area contributed by atoms with Gasteiger partial charge in [0.05, 0.1) is 0 Å². The van der Waals surface area contributed by atoms with Crippen LogP contribution in [0.1, 0.15) is 58.9 Å². The van der Waals surface area contributed by atoms with Gasteiger partial charge in [0.25, 0.3) is 0 Å². The van der Waals surface area contributed by atoms with Crippen LogP contribution in [-0.4, -0.2) is 47.5 Å². The van der Waals surface area contributed by atoms with E-state index >= 15 is 0 Å². The molecule has 0 radical (unpaired) electrons. The molecule has 0 atom stereocenters. The van der Waals surface area contributed by atoms with Crippen molar-refractivity contribution >= 4 is 5.91 Å². The summed E-state index contributed by atoms with van der Waals surface area (Å²) in [6.07, 6.45) is 4.04. The summed E-state index contributed by atoms with van der Waals surface area (Å²) in [6.45, 7) is 11.5. The Morgan fingerprint density at radius 2 is 1.92 bits per heavy atom. The molecule has 1 aliphatic heterocycles. The zero-order valence-electron chi connectivity index (χ0n) is 17.0. The van der Waals surface area contributed by atoms with Gasteiger partial charge >= 0.3 is 0 Å². The predicted molar refractivity (Wildman–Crippen MR) is 105 cm³/mol. The zero-order chi connectivity index (χ0) is 18.9. The van der Waals surface area contributed by atoms with E-state index in [1.807, 2.05) is 11.9 Å². The summed E-state index contributed by atoms with van der Waals surface area (Å²) < 4.78 is 6.67. The Kier molecular flexibility index (Phi) is 5.34. The molecule has 0 saturated heterocycles. The smallest absolute Gasteiger partial charge is 0.219 e. The summed E-state index contributed by atoms with van der Waals surface area (Å²) in [7, 11) is 1.93. The standard InChI is InChI=1S/C22H34N2O2/c1-17(25)23(5)19-10-12-22(13-11-19)16-24(15-21(2,3)4)14-18-8-6-7-9-20(18)26-22/h6-9,19H,10-16H2,1-5H3. The van der Waals surface area contributed by atoms with Crippen molar-refractivity contribution in [1.82, 2.24) is 9.80 Å². The van der Waals surface area contributed by atoms with Crippen molar-refractivity contribution in [2.45, 2.75) is 71.6 Å². The third-order valence-corrected chi connectivity index (χ3v) is 5.81. The quantitative estimate of drug-likeness (QED) is 0.798. The van der Waals surface area contributed by atoms with Crippen molar-refractivity contribution in [2.24, 2.45) is 5.41 Å². The Morgan fingerprint density at radius 3 is 2.54 bits per heavy atom. The monoisotopic (exact) mass is 358 g/mol. The fraction of sp³-hybridized carbons (Fsp3) is 0.682. The molecule has 4 heteroatoms. The minimum atomic E-state index is -0.133. The topological polar surface area (TPSA) is 32.8 Å². The average Bonchev–Trinajstić information content (AvgIpc) is 2.69. The van der Waals surface area contributed by atoms with Crippen molar-refractivity contribution in [1.29, 1.82) is 0 Å². The van der Waals surface area contributed by atoms with Crippen LogP contribution in [0, 0.1) is 5.41 Å². The maximum atomic E-state index is 11.7. The molecule has 1 aromatic carbocycles. The number of para-hydroxylation sites is 1. The van der Waals surface area contributed by atoms with Gasteiger partial charge in [-0.15, -0.1) is 0 Å². The molecule has 1 saturated carbocycles. The molecule has 4 nitrogen and oxygen atoms in total. The highest BCUT2D eigenvalue weighted by Crippen LogP contribution is 2.39. The maximum Gasteiger partial charge on any atom is 0.219 e. The van der Waals surface area contributed by atoms with E-state index in [2.05, 4.69) is 49.9 Å². The van der Waals surface area contributed by atoms with Crippen molar-refractivity contribution in [3.63, 3.8) is 0 Å². The molecule has 2 aliphatic rings. The van der Waals surface area contributed by atoms with E-state index < -0.39 is 0 Å². The molecule has 1 spiro atoms. The lowest BCUT2D eigenvalue weighted by atomic mass is 9.80. The van der Waals surface area contributed by atoms with Crippen LogP contribution in [0.5, 0.6) is 5.75 Å². The molecule has 1 aromatic rings. The van der Waals surface area contributed by atoms with Crippen molar-refractivity contribution in [3.8, 4) is 5.75 Å². The van der Waals surface area contributed by atoms with E-state index in [-0.39, 0.29) is 16.9 Å². The summed E-state index contributed by atoms with van der Waals surface area (Å²) in [5.74, 6) is 1.20. The second-order valence-electron chi connectivity index (χ2n) is 9.46. The fourth-order valence-electron chi connectivity index (χ4n) is 4.52. The van der Waals surface area contributed by atoms with Gasteiger partial charge in [-0.2, -0.15) is 0 Å². The Morgan fingerprint density at radius 1 is 1.27 bits per heavy atom. The lowest BCUT2D eigenvalue weighted by Gasteiger charge is -2.44. The predicted octanol–water partition coefficient (Wildman–Crippen LogP) is 4.09. The molecule has 1 amide bonds. The first-order chi connectivity index (χ1) is 12.2. The summed E-state index contributed by atoms with van der Waals surface area (Å²) in [6, 6.07) is 8.83. The van der Waals surface area contributed by atoms with E-state index in [1.54, 1.807) is 6.92 Å². The van der Waals surface area contributed by atoms with E-state index in [0.717, 1.165) is 51.1 Å². The molecular formula is C22H34N2O2. The number of carbonyl (C=O) groups excluding carboxylic acids is 1. The molecule has 0 N–H and O–H groups in total. The van der Waals surface area contributed by atoms with Crippen LogP contribution in [0.4, 0.5) is 0 Å². The first-order valence-corrected chi connectivity index (χ1v) is 9.90. The van der Waals surface area contributed by atoms with Crippen molar-refractivity contribution < 1.29 is 9.53 Å². The summed E-state index contributed by atoms with van der Waals surface area (Å²) in [5, 5.41) is 0. The number of benzene rings is 1. The summed E-state index contributed by atoms with van der Waals surface area (Å²) in [4.78, 5) is 16.2. The van der Waals surface area contributed by atoms with Crippen LogP contribution >= 0.6 is 0 Å². The number of carbonyl (C=O) groups is 1. The van der Waals surface area contributed by atoms with Crippen LogP contribution in [0.3, 0.4) is 0 Å². The Hall–Kier alpha value is -1.55. The fourth-order valence-corrected chi connectivity index (χ4v) is 4.52. The maximum absolute atomic E-state index is 11.7. The summed E-state index contributed by atoms with van der Waals surface area (Å²) in [5.41, 5.74) is 1.41. The third-order valence-electron chi connectivity index (χ3n) is 5.81. The Labute approximate surface area is 158 Å². The molecular weight excluding hydrogens is 324 g/mol. The van der Waals surface area contributed by atoms with Gasteiger partial charge in [-0.05, 0) is 37.2 Å². The van der Waals surface area contributed by atoms with Gasteiger partial charge in [-0.25, -0.2) is 0 Å². The van der Waals surface area contributed by atoms with Crippen LogP contribution in [0.25, 0.3) is 0 Å². The van der Waals surface area contributed by atoms with Gasteiger partial charge in [0.15, 0.2) is 0 Å². The highest BCUT2D eigenvalue weighted by atomic mass is 16.5. The number of hydrogen-bond acceptors (Lipinski definition) is 3. The van der Waals surface area contributed by atoms with Gasteiger partial charge in [0.1, 0.15) is 11.4 Å². The zero-order valence-corrected chi connectivity index (χ0v) is 17.0. The number of ether oxygens (including phenoxy) is 1. The Balaban J connectivity index is 1.81. The van der Waals surface area contributed by atoms with Crippen LogP contribution < -0.4 is 4.74 Å². The van der Waals surface area contributed by atoms with E-state index in [9.17, 15) is 4.79 Å². The van der Waals surface area contributed by atoms with Gasteiger partial charge in [-0.3, -0.25) is 9.69 Å². The minimum Gasteiger partial charge on any atom is -0.486 e. The average molecular weight is 359 g/mol. The lowest BCUT2D eigenvalue weighted by Crippen LogP contribution is -2.52. The van der Waals surface area contributed by atoms with Crippen LogP contribution in [0.15, 0.2) is 24.3 Å². The van der Waals surface area contributed by atoms with Gasteiger partial charge in [0, 0.05) is 45.2 Å². The highest BCUT2D eigenvalue weighted by Gasteiger charge is 2.42. The number of fused-ring (bicyclic) bond motifs is 1. The van der Waals surface area contributed by atoms with Crippen LogP contribution in [0.2, 0.25) is 0 Å². The highest BCUT2D eigenvalue weighted by molar-refractivity contribution is 5.73. The molecule has 0 bridgehead atoms. The first kappa shape index (κ1) is 19.2. The molecule has 1 fully saturated rings. The minimum absolute atomic E-state index is 0.133.